The quantitative estimate of drug-likeness (QED) is 0.118. The fourth-order valence-electron chi connectivity index (χ4n) is 3.20. The number of rotatable bonds is 22. The van der Waals surface area contributed by atoms with Crippen molar-refractivity contribution in [1.82, 2.24) is 14.7 Å². The third-order valence-corrected chi connectivity index (χ3v) is 7.37. The fourth-order valence-corrected chi connectivity index (χ4v) is 4.07. The molecule has 0 aromatic carbocycles. The molecule has 0 saturated heterocycles. The summed E-state index contributed by atoms with van der Waals surface area (Å²) in [6.45, 7) is 8.39. The molecule has 14 nitrogen and oxygen atoms in total. The van der Waals surface area contributed by atoms with Crippen LogP contribution in [0.5, 0.6) is 0 Å². The summed E-state index contributed by atoms with van der Waals surface area (Å²) in [5, 5.41) is -0.163. The molecule has 0 aliphatic carbocycles. The first kappa shape index (κ1) is 39.7. The van der Waals surface area contributed by atoms with Crippen LogP contribution in [-0.2, 0) is 52.4 Å². The molecule has 0 saturated carbocycles. The molecule has 0 radical (unpaired) electrons. The SMILES string of the molecule is COC(=O)CN(CCN(CC(=O)OC)CC(=O)OC)CCN(CC(=O)OC)CC(=O)SCC(C)(C)OCC(C)(C)OC. The molecular weight excluding hydrogens is 574 g/mol. The van der Waals surface area contributed by atoms with Crippen molar-refractivity contribution >= 4 is 40.8 Å². The maximum Gasteiger partial charge on any atom is 0.319 e. The summed E-state index contributed by atoms with van der Waals surface area (Å²) < 4.78 is 30.4. The van der Waals surface area contributed by atoms with E-state index in [1.165, 1.54) is 33.3 Å². The van der Waals surface area contributed by atoms with Gasteiger partial charge < -0.3 is 28.4 Å². The maximum atomic E-state index is 12.9. The van der Waals surface area contributed by atoms with E-state index in [2.05, 4.69) is 0 Å². The highest BCUT2D eigenvalue weighted by Gasteiger charge is 2.27. The Morgan fingerprint density at radius 3 is 1.29 bits per heavy atom. The van der Waals surface area contributed by atoms with E-state index in [4.69, 9.17) is 28.4 Å². The molecule has 244 valence electrons. The first-order valence-electron chi connectivity index (χ1n) is 13.4. The molecule has 0 spiro atoms. The molecule has 0 aromatic rings. The van der Waals surface area contributed by atoms with E-state index in [1.807, 2.05) is 27.7 Å². The lowest BCUT2D eigenvalue weighted by Crippen LogP contribution is -2.45. The summed E-state index contributed by atoms with van der Waals surface area (Å²) in [7, 11) is 6.63. The van der Waals surface area contributed by atoms with Gasteiger partial charge in [-0.25, -0.2) is 0 Å². The van der Waals surface area contributed by atoms with E-state index in [0.29, 0.717) is 12.4 Å². The van der Waals surface area contributed by atoms with Crippen LogP contribution in [0, 0.1) is 0 Å². The number of thioether (sulfide) groups is 1. The minimum absolute atomic E-state index is 0.0394. The standard InChI is InChI=1S/C27H49N3O11S/c1-26(2,40-9)19-41-27(3,4)20-42-25(35)18-30(17-24(34)39-8)13-11-28(14-21(31)36-5)10-12-29(15-22(32)37-6)16-23(33)38-7/h10-20H2,1-9H3. The number of esters is 4. The molecule has 0 aliphatic rings. The van der Waals surface area contributed by atoms with Crippen molar-refractivity contribution in [3.05, 3.63) is 0 Å². The molecule has 0 atom stereocenters. The lowest BCUT2D eigenvalue weighted by atomic mass is 10.1. The molecule has 15 heteroatoms. The Kier molecular flexibility index (Phi) is 19.5. The van der Waals surface area contributed by atoms with Crippen molar-refractivity contribution in [3.63, 3.8) is 0 Å². The Morgan fingerprint density at radius 2 is 0.905 bits per heavy atom. The van der Waals surface area contributed by atoms with Gasteiger partial charge in [0.25, 0.3) is 0 Å². The molecule has 0 amide bonds. The van der Waals surface area contributed by atoms with E-state index >= 15 is 0 Å². The van der Waals surface area contributed by atoms with Crippen LogP contribution >= 0.6 is 11.8 Å². The topological polar surface area (TPSA) is 150 Å². The maximum absolute atomic E-state index is 12.9. The summed E-state index contributed by atoms with van der Waals surface area (Å²) in [6.07, 6.45) is 0. The molecule has 0 aliphatic heterocycles. The van der Waals surface area contributed by atoms with E-state index in [1.54, 1.807) is 16.9 Å². The highest BCUT2D eigenvalue weighted by molar-refractivity contribution is 8.13. The van der Waals surface area contributed by atoms with Gasteiger partial charge in [-0.1, -0.05) is 11.8 Å². The molecule has 0 fully saturated rings. The van der Waals surface area contributed by atoms with Crippen LogP contribution in [0.4, 0.5) is 0 Å². The molecule has 0 N–H and O–H groups in total. The van der Waals surface area contributed by atoms with Gasteiger partial charge in [-0.2, -0.15) is 0 Å². The minimum Gasteiger partial charge on any atom is -0.468 e. The Morgan fingerprint density at radius 1 is 0.548 bits per heavy atom. The van der Waals surface area contributed by atoms with Gasteiger partial charge in [0.2, 0.25) is 5.12 Å². The highest BCUT2D eigenvalue weighted by atomic mass is 32.2. The number of hydrogen-bond acceptors (Lipinski definition) is 15. The van der Waals surface area contributed by atoms with Crippen LogP contribution in [0.2, 0.25) is 0 Å². The molecule has 0 unspecified atom stereocenters. The van der Waals surface area contributed by atoms with Gasteiger partial charge in [0.1, 0.15) is 0 Å². The monoisotopic (exact) mass is 623 g/mol. The summed E-state index contributed by atoms with van der Waals surface area (Å²) in [6, 6.07) is 0. The van der Waals surface area contributed by atoms with Gasteiger partial charge in [-0.05, 0) is 27.7 Å². The molecule has 0 rings (SSSR count). The van der Waals surface area contributed by atoms with E-state index in [-0.39, 0.29) is 64.0 Å². The third kappa shape index (κ3) is 19.0. The van der Waals surface area contributed by atoms with E-state index in [0.717, 1.165) is 11.8 Å². The van der Waals surface area contributed by atoms with Crippen LogP contribution in [0.15, 0.2) is 0 Å². The van der Waals surface area contributed by atoms with Crippen molar-refractivity contribution in [2.45, 2.75) is 38.9 Å². The van der Waals surface area contributed by atoms with Crippen LogP contribution in [-0.4, -0.2) is 162 Å². The Bertz CT molecular complexity index is 852. The van der Waals surface area contributed by atoms with Gasteiger partial charge in [0.15, 0.2) is 0 Å². The zero-order valence-electron chi connectivity index (χ0n) is 26.5. The lowest BCUT2D eigenvalue weighted by Gasteiger charge is -2.31. The highest BCUT2D eigenvalue weighted by Crippen LogP contribution is 2.21. The molecule has 42 heavy (non-hydrogen) atoms. The smallest absolute Gasteiger partial charge is 0.319 e. The number of carbonyl (C=O) groups is 5. The second-order valence-electron chi connectivity index (χ2n) is 10.7. The fraction of sp³-hybridized carbons (Fsp3) is 0.815. The molecule has 0 heterocycles. The number of methoxy groups -OCH3 is 5. The normalized spacial score (nSPS) is 12.0. The minimum atomic E-state index is -0.596. The first-order valence-corrected chi connectivity index (χ1v) is 14.4. The first-order chi connectivity index (χ1) is 19.6. The van der Waals surface area contributed by atoms with Gasteiger partial charge in [-0.15, -0.1) is 0 Å². The van der Waals surface area contributed by atoms with Gasteiger partial charge in [0, 0.05) is 39.0 Å². The van der Waals surface area contributed by atoms with Crippen LogP contribution in [0.1, 0.15) is 27.7 Å². The van der Waals surface area contributed by atoms with Crippen molar-refractivity contribution in [3.8, 4) is 0 Å². The van der Waals surface area contributed by atoms with Gasteiger partial charge >= 0.3 is 23.9 Å². The average molecular weight is 624 g/mol. The summed E-state index contributed by atoms with van der Waals surface area (Å²) in [5.41, 5.74) is -1.06. The average Bonchev–Trinajstić information content (AvgIpc) is 2.95. The number of hydrogen-bond donors (Lipinski definition) is 0. The van der Waals surface area contributed by atoms with Crippen molar-refractivity contribution in [1.29, 1.82) is 0 Å². The summed E-state index contributed by atoms with van der Waals surface area (Å²) in [5.74, 6) is -1.68. The molecule has 0 aromatic heterocycles. The van der Waals surface area contributed by atoms with Crippen LogP contribution < -0.4 is 0 Å². The van der Waals surface area contributed by atoms with Crippen LogP contribution in [0.25, 0.3) is 0 Å². The summed E-state index contributed by atoms with van der Waals surface area (Å²) in [4.78, 5) is 65.6. The van der Waals surface area contributed by atoms with E-state index < -0.39 is 35.1 Å². The number of nitrogens with zero attached hydrogens (tertiary/aromatic N) is 3. The van der Waals surface area contributed by atoms with Crippen molar-refractivity contribution in [2.24, 2.45) is 0 Å². The van der Waals surface area contributed by atoms with Crippen LogP contribution in [0.3, 0.4) is 0 Å². The largest absolute Gasteiger partial charge is 0.468 e. The Hall–Kier alpha value is -2.30. The lowest BCUT2D eigenvalue weighted by molar-refractivity contribution is -0.146. The third-order valence-electron chi connectivity index (χ3n) is 6.08. The number of ether oxygens (including phenoxy) is 6. The predicted octanol–water partition coefficient (Wildman–Crippen LogP) is 0.0644. The number of carbonyl (C=O) groups excluding carboxylic acids is 5. The van der Waals surface area contributed by atoms with Gasteiger partial charge in [0.05, 0.1) is 79.0 Å². The van der Waals surface area contributed by atoms with Crippen molar-refractivity contribution < 1.29 is 52.4 Å². The molecule has 0 bridgehead atoms. The predicted molar refractivity (Wildman–Crippen MR) is 156 cm³/mol. The Labute approximate surface area is 253 Å². The second-order valence-corrected chi connectivity index (χ2v) is 11.7. The van der Waals surface area contributed by atoms with Gasteiger partial charge in [-0.3, -0.25) is 38.7 Å². The zero-order chi connectivity index (χ0) is 32.3. The van der Waals surface area contributed by atoms with E-state index in [9.17, 15) is 24.0 Å². The summed E-state index contributed by atoms with van der Waals surface area (Å²) >= 11 is 1.10. The Balaban J connectivity index is 5.36. The second kappa shape index (κ2) is 20.6. The molecular formula is C27H49N3O11S. The zero-order valence-corrected chi connectivity index (χ0v) is 27.3. The van der Waals surface area contributed by atoms with Crippen molar-refractivity contribution in [2.75, 3.05) is 107 Å².